The maximum absolute atomic E-state index is 12.5. The topological polar surface area (TPSA) is 41.9 Å². The fraction of sp³-hybridized carbons (Fsp3) is 0.889. The van der Waals surface area contributed by atoms with Crippen molar-refractivity contribution < 1.29 is 9.53 Å². The van der Waals surface area contributed by atoms with E-state index in [1.54, 1.807) is 0 Å². The minimum atomic E-state index is -0.252. The molecule has 4 heteroatoms. The fourth-order valence-electron chi connectivity index (χ4n) is 4.61. The first-order chi connectivity index (χ1) is 10.8. The SMILES string of the molecule is O=C(C1COC(C2CCCCCCC3CC32)=N1)N1CCCC1. The van der Waals surface area contributed by atoms with Gasteiger partial charge in [0.1, 0.15) is 6.61 Å². The average Bonchev–Trinajstić information content (AvgIpc) is 3.01. The molecule has 4 atom stereocenters. The first-order valence-corrected chi connectivity index (χ1v) is 9.32. The Morgan fingerprint density at radius 1 is 1.05 bits per heavy atom. The molecule has 0 aromatic rings. The number of amides is 1. The van der Waals surface area contributed by atoms with E-state index in [4.69, 9.17) is 9.73 Å². The van der Waals surface area contributed by atoms with E-state index < -0.39 is 0 Å². The molecule has 0 spiro atoms. The zero-order chi connectivity index (χ0) is 14.9. The molecular weight excluding hydrogens is 276 g/mol. The Kier molecular flexibility index (Phi) is 4.10. The van der Waals surface area contributed by atoms with Crippen molar-refractivity contribution in [3.63, 3.8) is 0 Å². The molecule has 0 radical (unpaired) electrons. The van der Waals surface area contributed by atoms with E-state index in [1.807, 2.05) is 4.90 Å². The quantitative estimate of drug-likeness (QED) is 0.787. The maximum atomic E-state index is 12.5. The summed E-state index contributed by atoms with van der Waals surface area (Å²) in [5, 5.41) is 0. The van der Waals surface area contributed by atoms with Crippen LogP contribution in [0.1, 0.15) is 57.8 Å². The number of hydrogen-bond donors (Lipinski definition) is 0. The predicted molar refractivity (Wildman–Crippen MR) is 85.8 cm³/mol. The van der Waals surface area contributed by atoms with Crippen LogP contribution in [-0.4, -0.2) is 42.4 Å². The molecule has 122 valence electrons. The summed E-state index contributed by atoms with van der Waals surface area (Å²) in [6.07, 6.45) is 11.7. The van der Waals surface area contributed by atoms with Crippen molar-refractivity contribution >= 4 is 11.8 Å². The van der Waals surface area contributed by atoms with E-state index in [9.17, 15) is 4.79 Å². The van der Waals surface area contributed by atoms with Crippen molar-refractivity contribution in [1.82, 2.24) is 4.90 Å². The molecule has 2 aliphatic heterocycles. The van der Waals surface area contributed by atoms with Crippen molar-refractivity contribution in [2.24, 2.45) is 22.7 Å². The highest BCUT2D eigenvalue weighted by molar-refractivity contribution is 5.89. The van der Waals surface area contributed by atoms with Crippen LogP contribution >= 0.6 is 0 Å². The van der Waals surface area contributed by atoms with Crippen LogP contribution in [0, 0.1) is 17.8 Å². The Morgan fingerprint density at radius 2 is 1.82 bits per heavy atom. The molecule has 4 rings (SSSR count). The zero-order valence-electron chi connectivity index (χ0n) is 13.5. The molecular formula is C18H28N2O2. The summed E-state index contributed by atoms with van der Waals surface area (Å²) in [4.78, 5) is 19.2. The van der Waals surface area contributed by atoms with Crippen LogP contribution < -0.4 is 0 Å². The molecule has 3 fully saturated rings. The van der Waals surface area contributed by atoms with Crippen LogP contribution in [0.3, 0.4) is 0 Å². The van der Waals surface area contributed by atoms with E-state index in [1.165, 1.54) is 44.9 Å². The second-order valence-corrected chi connectivity index (χ2v) is 7.58. The number of fused-ring (bicyclic) bond motifs is 1. The van der Waals surface area contributed by atoms with Crippen LogP contribution in [-0.2, 0) is 9.53 Å². The smallest absolute Gasteiger partial charge is 0.251 e. The minimum Gasteiger partial charge on any atom is -0.478 e. The van der Waals surface area contributed by atoms with Gasteiger partial charge in [0.2, 0.25) is 0 Å². The minimum absolute atomic E-state index is 0.197. The second-order valence-electron chi connectivity index (χ2n) is 7.58. The third-order valence-electron chi connectivity index (χ3n) is 6.03. The van der Waals surface area contributed by atoms with Gasteiger partial charge in [-0.15, -0.1) is 0 Å². The van der Waals surface area contributed by atoms with Crippen LogP contribution in [0.2, 0.25) is 0 Å². The van der Waals surface area contributed by atoms with Gasteiger partial charge in [-0.3, -0.25) is 4.79 Å². The summed E-state index contributed by atoms with van der Waals surface area (Å²) in [6.45, 7) is 2.31. The van der Waals surface area contributed by atoms with Crippen molar-refractivity contribution in [3.8, 4) is 0 Å². The fourth-order valence-corrected chi connectivity index (χ4v) is 4.61. The van der Waals surface area contributed by atoms with Gasteiger partial charge in [0.15, 0.2) is 11.9 Å². The highest BCUT2D eigenvalue weighted by Gasteiger charge is 2.46. The zero-order valence-corrected chi connectivity index (χ0v) is 13.5. The number of hydrogen-bond acceptors (Lipinski definition) is 3. The lowest BCUT2D eigenvalue weighted by Crippen LogP contribution is -2.36. The first-order valence-electron chi connectivity index (χ1n) is 9.32. The van der Waals surface area contributed by atoms with Crippen molar-refractivity contribution in [2.45, 2.75) is 63.8 Å². The van der Waals surface area contributed by atoms with Crippen LogP contribution in [0.15, 0.2) is 4.99 Å². The summed E-state index contributed by atoms with van der Waals surface area (Å²) in [6, 6.07) is -0.252. The number of rotatable bonds is 2. The van der Waals surface area contributed by atoms with Crippen LogP contribution in [0.5, 0.6) is 0 Å². The molecule has 1 amide bonds. The van der Waals surface area contributed by atoms with Gasteiger partial charge in [0, 0.05) is 19.0 Å². The van der Waals surface area contributed by atoms with E-state index >= 15 is 0 Å². The number of aliphatic imine (C=N–C) groups is 1. The molecule has 4 unspecified atom stereocenters. The van der Waals surface area contributed by atoms with E-state index in [2.05, 4.69) is 0 Å². The largest absolute Gasteiger partial charge is 0.478 e. The highest BCUT2D eigenvalue weighted by atomic mass is 16.5. The summed E-state index contributed by atoms with van der Waals surface area (Å²) < 4.78 is 5.92. The molecule has 1 saturated heterocycles. The molecule has 0 bridgehead atoms. The summed E-state index contributed by atoms with van der Waals surface area (Å²) in [7, 11) is 0. The molecule has 2 saturated carbocycles. The van der Waals surface area contributed by atoms with Gasteiger partial charge in [-0.25, -0.2) is 4.99 Å². The van der Waals surface area contributed by atoms with Crippen molar-refractivity contribution in [2.75, 3.05) is 19.7 Å². The van der Waals surface area contributed by atoms with Gasteiger partial charge in [-0.2, -0.15) is 0 Å². The first kappa shape index (κ1) is 14.5. The Bertz CT molecular complexity index is 456. The molecule has 2 aliphatic carbocycles. The lowest BCUT2D eigenvalue weighted by molar-refractivity contribution is -0.131. The number of carbonyl (C=O) groups is 1. The number of ether oxygens (including phenoxy) is 1. The van der Waals surface area contributed by atoms with Crippen LogP contribution in [0.4, 0.5) is 0 Å². The Hall–Kier alpha value is -1.06. The Balaban J connectivity index is 1.43. The Morgan fingerprint density at radius 3 is 2.64 bits per heavy atom. The third kappa shape index (κ3) is 2.89. The van der Waals surface area contributed by atoms with Gasteiger partial charge in [-0.05, 0) is 37.5 Å². The summed E-state index contributed by atoms with van der Waals surface area (Å²) in [5.74, 6) is 3.31. The van der Waals surface area contributed by atoms with E-state index in [0.29, 0.717) is 12.5 Å². The molecule has 0 aromatic carbocycles. The van der Waals surface area contributed by atoms with Gasteiger partial charge >= 0.3 is 0 Å². The standard InChI is InChI=1S/C18H28N2O2/c21-18(20-9-5-6-10-20)16-12-22-17(19-16)14-8-4-2-1-3-7-13-11-15(13)14/h13-16H,1-12H2. The van der Waals surface area contributed by atoms with E-state index in [-0.39, 0.29) is 11.9 Å². The van der Waals surface area contributed by atoms with Crippen molar-refractivity contribution in [1.29, 1.82) is 0 Å². The normalized spacial score (nSPS) is 38.4. The number of likely N-dealkylation sites (tertiary alicyclic amines) is 1. The van der Waals surface area contributed by atoms with Crippen LogP contribution in [0.25, 0.3) is 0 Å². The molecule has 4 nitrogen and oxygen atoms in total. The Labute approximate surface area is 133 Å². The second kappa shape index (κ2) is 6.21. The number of carbonyl (C=O) groups excluding carboxylic acids is 1. The molecule has 2 heterocycles. The summed E-state index contributed by atoms with van der Waals surface area (Å²) in [5.41, 5.74) is 0. The van der Waals surface area contributed by atoms with Gasteiger partial charge in [0.25, 0.3) is 5.91 Å². The maximum Gasteiger partial charge on any atom is 0.251 e. The van der Waals surface area contributed by atoms with Gasteiger partial charge < -0.3 is 9.64 Å². The molecule has 4 aliphatic rings. The molecule has 22 heavy (non-hydrogen) atoms. The molecule has 0 N–H and O–H groups in total. The molecule has 0 aromatic heterocycles. The average molecular weight is 304 g/mol. The number of nitrogens with zero attached hydrogens (tertiary/aromatic N) is 2. The van der Waals surface area contributed by atoms with Gasteiger partial charge in [0.05, 0.1) is 0 Å². The third-order valence-corrected chi connectivity index (χ3v) is 6.03. The van der Waals surface area contributed by atoms with Crippen molar-refractivity contribution in [3.05, 3.63) is 0 Å². The lowest BCUT2D eigenvalue weighted by Gasteiger charge is -2.16. The predicted octanol–water partition coefficient (Wildman–Crippen LogP) is 3.01. The summed E-state index contributed by atoms with van der Waals surface area (Å²) >= 11 is 0. The highest BCUT2D eigenvalue weighted by Crippen LogP contribution is 2.50. The van der Waals surface area contributed by atoms with E-state index in [0.717, 1.165) is 43.7 Å². The lowest BCUT2D eigenvalue weighted by atomic mass is 9.95. The monoisotopic (exact) mass is 304 g/mol. The van der Waals surface area contributed by atoms with Gasteiger partial charge in [-0.1, -0.05) is 32.1 Å².